The standard InChI is InChI=1S/C16H14O3/c17-16-13(9-12-6-8-18-11-12)3-1-4-14(16)10-15-5-2-7-19-15/h2,5-11H,1,3-4H2/b13-9-,14-10-. The van der Waals surface area contributed by atoms with Crippen LogP contribution < -0.4 is 0 Å². The Balaban J connectivity index is 1.87. The van der Waals surface area contributed by atoms with Crippen LogP contribution in [0.3, 0.4) is 0 Å². The van der Waals surface area contributed by atoms with Gasteiger partial charge >= 0.3 is 0 Å². The van der Waals surface area contributed by atoms with Crippen LogP contribution in [0.1, 0.15) is 30.6 Å². The molecule has 96 valence electrons. The van der Waals surface area contributed by atoms with Gasteiger partial charge in [-0.3, -0.25) is 4.79 Å². The van der Waals surface area contributed by atoms with Crippen molar-refractivity contribution < 1.29 is 13.6 Å². The molecule has 1 fully saturated rings. The van der Waals surface area contributed by atoms with Gasteiger partial charge in [-0.05, 0) is 49.6 Å². The molecule has 0 saturated heterocycles. The van der Waals surface area contributed by atoms with Gasteiger partial charge in [0.15, 0.2) is 5.78 Å². The smallest absolute Gasteiger partial charge is 0.185 e. The molecule has 0 aliphatic heterocycles. The van der Waals surface area contributed by atoms with Crippen molar-refractivity contribution in [3.8, 4) is 0 Å². The molecule has 0 atom stereocenters. The molecule has 19 heavy (non-hydrogen) atoms. The molecule has 3 rings (SSSR count). The van der Waals surface area contributed by atoms with Crippen molar-refractivity contribution in [1.82, 2.24) is 0 Å². The fraction of sp³-hybridized carbons (Fsp3) is 0.188. The number of furan rings is 2. The minimum atomic E-state index is 0.115. The van der Waals surface area contributed by atoms with E-state index < -0.39 is 0 Å². The van der Waals surface area contributed by atoms with Crippen molar-refractivity contribution in [3.63, 3.8) is 0 Å². The van der Waals surface area contributed by atoms with Crippen LogP contribution in [-0.2, 0) is 4.79 Å². The summed E-state index contributed by atoms with van der Waals surface area (Å²) in [6.07, 6.45) is 11.2. The van der Waals surface area contributed by atoms with Gasteiger partial charge in [-0.15, -0.1) is 0 Å². The SMILES string of the molecule is O=C1/C(=C\c2ccoc2)CCC/C1=C/c1ccco1. The molecule has 1 saturated carbocycles. The van der Waals surface area contributed by atoms with E-state index in [0.717, 1.165) is 41.7 Å². The quantitative estimate of drug-likeness (QED) is 0.758. The van der Waals surface area contributed by atoms with E-state index in [4.69, 9.17) is 8.83 Å². The topological polar surface area (TPSA) is 43.4 Å². The van der Waals surface area contributed by atoms with Gasteiger partial charge in [-0.2, -0.15) is 0 Å². The lowest BCUT2D eigenvalue weighted by atomic mass is 9.87. The summed E-state index contributed by atoms with van der Waals surface area (Å²) in [7, 11) is 0. The molecule has 0 bridgehead atoms. The Hall–Kier alpha value is -2.29. The summed E-state index contributed by atoms with van der Waals surface area (Å²) in [4.78, 5) is 12.4. The zero-order valence-corrected chi connectivity index (χ0v) is 10.5. The molecule has 0 unspecified atom stereocenters. The first-order valence-corrected chi connectivity index (χ1v) is 6.34. The van der Waals surface area contributed by atoms with Crippen LogP contribution in [0.25, 0.3) is 12.2 Å². The molecule has 3 nitrogen and oxygen atoms in total. The molecule has 3 heteroatoms. The minimum absolute atomic E-state index is 0.115. The molecule has 0 aromatic carbocycles. The van der Waals surface area contributed by atoms with Crippen molar-refractivity contribution in [2.75, 3.05) is 0 Å². The van der Waals surface area contributed by atoms with E-state index in [9.17, 15) is 4.79 Å². The van der Waals surface area contributed by atoms with Crippen molar-refractivity contribution in [1.29, 1.82) is 0 Å². The first-order valence-electron chi connectivity index (χ1n) is 6.34. The van der Waals surface area contributed by atoms with Crippen LogP contribution >= 0.6 is 0 Å². The third kappa shape index (κ3) is 2.60. The molecule has 2 heterocycles. The van der Waals surface area contributed by atoms with Crippen molar-refractivity contribution in [2.45, 2.75) is 19.3 Å². The third-order valence-electron chi connectivity index (χ3n) is 3.22. The zero-order valence-electron chi connectivity index (χ0n) is 10.5. The van der Waals surface area contributed by atoms with E-state index in [-0.39, 0.29) is 5.78 Å². The Morgan fingerprint density at radius 2 is 1.89 bits per heavy atom. The fourth-order valence-corrected chi connectivity index (χ4v) is 2.28. The molecule has 0 radical (unpaired) electrons. The summed E-state index contributed by atoms with van der Waals surface area (Å²) in [5.74, 6) is 0.844. The van der Waals surface area contributed by atoms with Gasteiger partial charge < -0.3 is 8.83 Å². The van der Waals surface area contributed by atoms with E-state index >= 15 is 0 Å². The summed E-state index contributed by atoms with van der Waals surface area (Å²) in [6.45, 7) is 0. The molecule has 2 aromatic rings. The van der Waals surface area contributed by atoms with Crippen molar-refractivity contribution in [3.05, 3.63) is 59.5 Å². The Bertz CT molecular complexity index is 559. The van der Waals surface area contributed by atoms with E-state index in [1.807, 2.05) is 30.4 Å². The number of allylic oxidation sites excluding steroid dienone is 2. The zero-order chi connectivity index (χ0) is 13.1. The highest BCUT2D eigenvalue weighted by Crippen LogP contribution is 2.28. The van der Waals surface area contributed by atoms with Crippen LogP contribution in [0.15, 0.2) is 57.0 Å². The predicted molar refractivity (Wildman–Crippen MR) is 72.2 cm³/mol. The summed E-state index contributed by atoms with van der Waals surface area (Å²) in [6, 6.07) is 5.53. The number of Topliss-reactive ketones (excluding diaryl/α,β-unsaturated/α-hetero) is 1. The highest BCUT2D eigenvalue weighted by molar-refractivity contribution is 6.13. The van der Waals surface area contributed by atoms with Crippen LogP contribution in [0.2, 0.25) is 0 Å². The summed E-state index contributed by atoms with van der Waals surface area (Å²) < 4.78 is 10.3. The number of ketones is 1. The van der Waals surface area contributed by atoms with E-state index in [2.05, 4.69) is 0 Å². The molecular formula is C16H14O3. The normalized spacial score (nSPS) is 20.3. The maximum Gasteiger partial charge on any atom is 0.185 e. The lowest BCUT2D eigenvalue weighted by Crippen LogP contribution is -2.12. The second-order valence-corrected chi connectivity index (χ2v) is 4.59. The van der Waals surface area contributed by atoms with Crippen LogP contribution in [-0.4, -0.2) is 5.78 Å². The molecule has 0 amide bonds. The van der Waals surface area contributed by atoms with E-state index in [1.54, 1.807) is 18.8 Å². The Labute approximate surface area is 111 Å². The maximum atomic E-state index is 12.4. The van der Waals surface area contributed by atoms with Crippen LogP contribution in [0.4, 0.5) is 0 Å². The van der Waals surface area contributed by atoms with Gasteiger partial charge in [-0.1, -0.05) is 0 Å². The lowest BCUT2D eigenvalue weighted by molar-refractivity contribution is -0.112. The number of carbonyl (C=O) groups is 1. The first kappa shape index (κ1) is 11.8. The molecular weight excluding hydrogens is 240 g/mol. The van der Waals surface area contributed by atoms with Crippen molar-refractivity contribution >= 4 is 17.9 Å². The van der Waals surface area contributed by atoms with Gasteiger partial charge in [0.1, 0.15) is 5.76 Å². The van der Waals surface area contributed by atoms with Crippen molar-refractivity contribution in [2.24, 2.45) is 0 Å². The predicted octanol–water partition coefficient (Wildman–Crippen LogP) is 4.09. The van der Waals surface area contributed by atoms with Crippen LogP contribution in [0.5, 0.6) is 0 Å². The molecule has 1 aliphatic carbocycles. The minimum Gasteiger partial charge on any atom is -0.472 e. The summed E-state index contributed by atoms with van der Waals surface area (Å²) in [5.41, 5.74) is 2.59. The Morgan fingerprint density at radius 3 is 2.58 bits per heavy atom. The fourth-order valence-electron chi connectivity index (χ4n) is 2.28. The second kappa shape index (κ2) is 5.14. The average Bonchev–Trinajstić information content (AvgIpc) is 3.07. The lowest BCUT2D eigenvalue weighted by Gasteiger charge is -2.15. The summed E-state index contributed by atoms with van der Waals surface area (Å²) in [5, 5.41) is 0. The monoisotopic (exact) mass is 254 g/mol. The maximum absolute atomic E-state index is 12.4. The van der Waals surface area contributed by atoms with Crippen LogP contribution in [0, 0.1) is 0 Å². The van der Waals surface area contributed by atoms with Gasteiger partial charge in [-0.25, -0.2) is 0 Å². The number of hydrogen-bond donors (Lipinski definition) is 0. The Morgan fingerprint density at radius 1 is 1.05 bits per heavy atom. The van der Waals surface area contributed by atoms with Gasteiger partial charge in [0.05, 0.1) is 18.8 Å². The van der Waals surface area contributed by atoms with E-state index in [0.29, 0.717) is 0 Å². The number of hydrogen-bond acceptors (Lipinski definition) is 3. The third-order valence-corrected chi connectivity index (χ3v) is 3.22. The summed E-state index contributed by atoms with van der Waals surface area (Å²) >= 11 is 0. The largest absolute Gasteiger partial charge is 0.472 e. The Kier molecular flexibility index (Phi) is 3.19. The molecule has 0 N–H and O–H groups in total. The van der Waals surface area contributed by atoms with Gasteiger partial charge in [0, 0.05) is 16.7 Å². The van der Waals surface area contributed by atoms with E-state index in [1.165, 1.54) is 0 Å². The average molecular weight is 254 g/mol. The molecule has 2 aromatic heterocycles. The highest BCUT2D eigenvalue weighted by Gasteiger charge is 2.20. The van der Waals surface area contributed by atoms with Gasteiger partial charge in [0.2, 0.25) is 0 Å². The second-order valence-electron chi connectivity index (χ2n) is 4.59. The molecule has 0 spiro atoms. The number of rotatable bonds is 2. The highest BCUT2D eigenvalue weighted by atomic mass is 16.3. The van der Waals surface area contributed by atoms with Gasteiger partial charge in [0.25, 0.3) is 0 Å². The first-order chi connectivity index (χ1) is 9.33. The molecule has 1 aliphatic rings. The number of carbonyl (C=O) groups excluding carboxylic acids is 1.